The molecule has 134 valence electrons. The third kappa shape index (κ3) is 4.60. The fraction of sp³-hybridized carbons (Fsp3) is 0.273. The quantitative estimate of drug-likeness (QED) is 0.784. The lowest BCUT2D eigenvalue weighted by molar-refractivity contribution is 0.906. The fourth-order valence-corrected chi connectivity index (χ4v) is 2.69. The van der Waals surface area contributed by atoms with E-state index in [0.717, 1.165) is 27.6 Å². The van der Waals surface area contributed by atoms with Crippen molar-refractivity contribution in [1.82, 2.24) is 9.97 Å². The van der Waals surface area contributed by atoms with E-state index < -0.39 is 0 Å². The summed E-state index contributed by atoms with van der Waals surface area (Å²) in [5.74, 6) is 0.447. The maximum Gasteiger partial charge on any atom is 0.0912 e. The SMILES string of the molecule is C=C/C(C)=C1/C=CN=CC1=NC.CC1=CC(C)=c2nccnc2=CC1C. The first kappa shape index (κ1) is 19.4. The van der Waals surface area contributed by atoms with Gasteiger partial charge in [0.15, 0.2) is 0 Å². The minimum absolute atomic E-state index is 0.447. The molecule has 1 atom stereocenters. The second-order valence-corrected chi connectivity index (χ2v) is 6.32. The molecule has 0 aromatic carbocycles. The molecule has 0 N–H and O–H groups in total. The topological polar surface area (TPSA) is 50.5 Å². The molecule has 1 aliphatic carbocycles. The van der Waals surface area contributed by atoms with Crippen LogP contribution in [-0.2, 0) is 0 Å². The molecule has 1 aliphatic heterocycles. The van der Waals surface area contributed by atoms with E-state index in [2.05, 4.69) is 59.5 Å². The van der Waals surface area contributed by atoms with Gasteiger partial charge in [-0.2, -0.15) is 0 Å². The van der Waals surface area contributed by atoms with Crippen LogP contribution in [0.3, 0.4) is 0 Å². The van der Waals surface area contributed by atoms with Gasteiger partial charge in [-0.05, 0) is 50.0 Å². The molecule has 0 spiro atoms. The van der Waals surface area contributed by atoms with E-state index in [0.29, 0.717) is 5.92 Å². The van der Waals surface area contributed by atoms with Gasteiger partial charge in [-0.15, -0.1) is 0 Å². The zero-order valence-electron chi connectivity index (χ0n) is 16.2. The van der Waals surface area contributed by atoms with Crippen LogP contribution < -0.4 is 10.7 Å². The summed E-state index contributed by atoms with van der Waals surface area (Å²) in [6, 6.07) is 0. The minimum atomic E-state index is 0.447. The van der Waals surface area contributed by atoms with Crippen LogP contribution in [0.5, 0.6) is 0 Å². The zero-order chi connectivity index (χ0) is 19.1. The van der Waals surface area contributed by atoms with Gasteiger partial charge < -0.3 is 0 Å². The summed E-state index contributed by atoms with van der Waals surface area (Å²) in [6.07, 6.45) is 15.1. The standard InChI is InChI=1S/C12H14N2.C10H12N2/c1-8-6-10(3)12-11(7-9(8)2)13-4-5-14-12;1-4-8(2)9-5-6-12-7-10(9)11-3/h4-7,9H,1-3H3;4-7H,1H2,2-3H3/b;9-8-,11-10?. The molecule has 1 unspecified atom stereocenters. The summed E-state index contributed by atoms with van der Waals surface area (Å²) in [5, 5.41) is 2.02. The number of hydrogen-bond acceptors (Lipinski definition) is 4. The Hall–Kier alpha value is -2.88. The molecule has 3 rings (SSSR count). The van der Waals surface area contributed by atoms with E-state index in [9.17, 15) is 0 Å². The molecule has 0 radical (unpaired) electrons. The number of aromatic nitrogens is 2. The highest BCUT2D eigenvalue weighted by atomic mass is 14.8. The molecule has 0 fully saturated rings. The summed E-state index contributed by atoms with van der Waals surface area (Å²) < 4.78 is 0. The Morgan fingerprint density at radius 3 is 2.65 bits per heavy atom. The number of fused-ring (bicyclic) bond motifs is 1. The van der Waals surface area contributed by atoms with Crippen LogP contribution in [0.15, 0.2) is 70.1 Å². The number of hydrogen-bond donors (Lipinski definition) is 0. The molecule has 2 heterocycles. The van der Waals surface area contributed by atoms with E-state index >= 15 is 0 Å². The van der Waals surface area contributed by atoms with Crippen molar-refractivity contribution in [1.29, 1.82) is 0 Å². The lowest BCUT2D eigenvalue weighted by Gasteiger charge is -2.06. The van der Waals surface area contributed by atoms with Gasteiger partial charge in [0, 0.05) is 31.2 Å². The third-order valence-corrected chi connectivity index (χ3v) is 4.44. The van der Waals surface area contributed by atoms with Crippen molar-refractivity contribution in [3.63, 3.8) is 0 Å². The highest BCUT2D eigenvalue weighted by molar-refractivity contribution is 6.40. The van der Waals surface area contributed by atoms with Crippen molar-refractivity contribution in [2.75, 3.05) is 7.05 Å². The summed E-state index contributed by atoms with van der Waals surface area (Å²) >= 11 is 0. The highest BCUT2D eigenvalue weighted by Crippen LogP contribution is 2.14. The first-order chi connectivity index (χ1) is 12.5. The van der Waals surface area contributed by atoms with Crippen molar-refractivity contribution < 1.29 is 0 Å². The van der Waals surface area contributed by atoms with Crippen LogP contribution in [0.4, 0.5) is 0 Å². The molecule has 0 amide bonds. The summed E-state index contributed by atoms with van der Waals surface area (Å²) in [7, 11) is 1.76. The van der Waals surface area contributed by atoms with E-state index in [1.807, 2.05) is 19.1 Å². The van der Waals surface area contributed by atoms with Gasteiger partial charge in [-0.1, -0.05) is 31.2 Å². The Kier molecular flexibility index (Phi) is 6.73. The summed E-state index contributed by atoms with van der Waals surface area (Å²) in [5.41, 5.74) is 5.70. The van der Waals surface area contributed by atoms with Crippen LogP contribution in [0.2, 0.25) is 0 Å². The third-order valence-electron chi connectivity index (χ3n) is 4.44. The molecular formula is C22H26N4. The predicted octanol–water partition coefficient (Wildman–Crippen LogP) is 3.18. The second kappa shape index (κ2) is 8.99. The number of nitrogens with zero attached hydrogens (tertiary/aromatic N) is 4. The Bertz CT molecular complexity index is 956. The van der Waals surface area contributed by atoms with Gasteiger partial charge >= 0.3 is 0 Å². The van der Waals surface area contributed by atoms with Crippen molar-refractivity contribution >= 4 is 23.6 Å². The monoisotopic (exact) mass is 346 g/mol. The van der Waals surface area contributed by atoms with Gasteiger partial charge in [0.25, 0.3) is 0 Å². The Balaban J connectivity index is 0.000000190. The number of aliphatic imine (C=N–C) groups is 2. The largest absolute Gasteiger partial charge is 0.286 e. The summed E-state index contributed by atoms with van der Waals surface area (Å²) in [6.45, 7) is 12.1. The van der Waals surface area contributed by atoms with Gasteiger partial charge in [0.2, 0.25) is 0 Å². The Labute approximate surface area is 155 Å². The van der Waals surface area contributed by atoms with Crippen LogP contribution in [0, 0.1) is 5.92 Å². The second-order valence-electron chi connectivity index (χ2n) is 6.32. The average Bonchev–Trinajstić information content (AvgIpc) is 2.78. The Morgan fingerprint density at radius 2 is 1.96 bits per heavy atom. The van der Waals surface area contributed by atoms with E-state index in [4.69, 9.17) is 0 Å². The van der Waals surface area contributed by atoms with Gasteiger partial charge in [-0.3, -0.25) is 20.0 Å². The van der Waals surface area contributed by atoms with Crippen LogP contribution in [0.25, 0.3) is 11.6 Å². The fourth-order valence-electron chi connectivity index (χ4n) is 2.69. The average molecular weight is 346 g/mol. The molecule has 0 saturated heterocycles. The van der Waals surface area contributed by atoms with Crippen LogP contribution in [0.1, 0.15) is 27.7 Å². The Morgan fingerprint density at radius 1 is 1.23 bits per heavy atom. The van der Waals surface area contributed by atoms with E-state index in [1.54, 1.807) is 31.9 Å². The van der Waals surface area contributed by atoms with Crippen molar-refractivity contribution in [3.8, 4) is 0 Å². The minimum Gasteiger partial charge on any atom is -0.286 e. The van der Waals surface area contributed by atoms with E-state index in [-0.39, 0.29) is 0 Å². The zero-order valence-corrected chi connectivity index (χ0v) is 16.2. The van der Waals surface area contributed by atoms with Gasteiger partial charge in [0.1, 0.15) is 0 Å². The normalized spacial score (nSPS) is 21.7. The first-order valence-electron chi connectivity index (χ1n) is 8.66. The van der Waals surface area contributed by atoms with Gasteiger partial charge in [-0.25, -0.2) is 0 Å². The lowest BCUT2D eigenvalue weighted by atomic mass is 10.0. The maximum atomic E-state index is 4.35. The summed E-state index contributed by atoms with van der Waals surface area (Å²) in [4.78, 5) is 16.8. The van der Waals surface area contributed by atoms with Crippen LogP contribution >= 0.6 is 0 Å². The van der Waals surface area contributed by atoms with E-state index in [1.165, 1.54) is 11.1 Å². The highest BCUT2D eigenvalue weighted by Gasteiger charge is 2.06. The number of allylic oxidation sites excluding steroid dienone is 6. The number of rotatable bonds is 1. The van der Waals surface area contributed by atoms with Gasteiger partial charge in [0.05, 0.1) is 22.6 Å². The molecule has 0 saturated carbocycles. The first-order valence-corrected chi connectivity index (χ1v) is 8.66. The maximum absolute atomic E-state index is 4.35. The predicted molar refractivity (Wildman–Crippen MR) is 112 cm³/mol. The molecule has 2 aliphatic rings. The smallest absolute Gasteiger partial charge is 0.0912 e. The van der Waals surface area contributed by atoms with Crippen LogP contribution in [-0.4, -0.2) is 28.9 Å². The molecule has 4 heteroatoms. The molecule has 0 bridgehead atoms. The molecular weight excluding hydrogens is 320 g/mol. The molecule has 1 aromatic heterocycles. The van der Waals surface area contributed by atoms with Crippen molar-refractivity contribution in [2.45, 2.75) is 27.7 Å². The van der Waals surface area contributed by atoms with Crippen molar-refractivity contribution in [2.24, 2.45) is 15.9 Å². The van der Waals surface area contributed by atoms with Crippen molar-refractivity contribution in [3.05, 3.63) is 70.8 Å². The molecule has 4 nitrogen and oxygen atoms in total. The molecule has 1 aromatic rings. The molecule has 26 heavy (non-hydrogen) atoms. The lowest BCUT2D eigenvalue weighted by Crippen LogP contribution is -2.32.